The molecule has 0 radical (unpaired) electrons. The van der Waals surface area contributed by atoms with E-state index in [0.29, 0.717) is 0 Å². The lowest BCUT2D eigenvalue weighted by Crippen LogP contribution is -2.62. The van der Waals surface area contributed by atoms with E-state index in [1.807, 2.05) is 30.3 Å². The maximum Gasteiger partial charge on any atom is 0.0933 e. The molecule has 4 aromatic rings. The Hall–Kier alpha value is -3.41. The molecule has 5 nitrogen and oxygen atoms in total. The van der Waals surface area contributed by atoms with Gasteiger partial charge in [0.15, 0.2) is 0 Å². The Morgan fingerprint density at radius 1 is 0.912 bits per heavy atom. The minimum atomic E-state index is -0.703. The average molecular weight is 452 g/mol. The van der Waals surface area contributed by atoms with E-state index in [9.17, 15) is 10.2 Å². The maximum atomic E-state index is 11.1. The van der Waals surface area contributed by atoms with E-state index in [1.54, 1.807) is 6.20 Å². The van der Waals surface area contributed by atoms with Gasteiger partial charge in [-0.15, -0.1) is 0 Å². The van der Waals surface area contributed by atoms with Crippen molar-refractivity contribution in [1.29, 1.82) is 0 Å². The van der Waals surface area contributed by atoms with Crippen molar-refractivity contribution in [2.24, 2.45) is 5.92 Å². The van der Waals surface area contributed by atoms with Crippen LogP contribution in [0.4, 0.5) is 11.4 Å². The molecule has 0 bridgehead atoms. The minimum Gasteiger partial charge on any atom is -0.390 e. The zero-order valence-corrected chi connectivity index (χ0v) is 19.6. The number of para-hydroxylation sites is 1. The highest BCUT2D eigenvalue weighted by atomic mass is 16.3. The van der Waals surface area contributed by atoms with Gasteiger partial charge in [0.25, 0.3) is 0 Å². The molecule has 34 heavy (non-hydrogen) atoms. The third kappa shape index (κ3) is 2.97. The predicted molar refractivity (Wildman–Crippen MR) is 138 cm³/mol. The first-order valence-electron chi connectivity index (χ1n) is 11.8. The van der Waals surface area contributed by atoms with Crippen LogP contribution in [0.1, 0.15) is 19.4 Å². The quantitative estimate of drug-likeness (QED) is 0.416. The van der Waals surface area contributed by atoms with E-state index >= 15 is 0 Å². The van der Waals surface area contributed by atoms with Crippen molar-refractivity contribution < 1.29 is 10.2 Å². The smallest absolute Gasteiger partial charge is 0.0933 e. The van der Waals surface area contributed by atoms with Crippen LogP contribution in [0.2, 0.25) is 0 Å². The fourth-order valence-electron chi connectivity index (χ4n) is 5.88. The molecule has 2 aliphatic rings. The largest absolute Gasteiger partial charge is 0.390 e. The van der Waals surface area contributed by atoms with Crippen LogP contribution >= 0.6 is 0 Å². The lowest BCUT2D eigenvalue weighted by atomic mass is 9.71. The highest BCUT2D eigenvalue weighted by molar-refractivity contribution is 5.95. The monoisotopic (exact) mass is 451 g/mol. The highest BCUT2D eigenvalue weighted by Crippen LogP contribution is 2.51. The van der Waals surface area contributed by atoms with Gasteiger partial charge in [0, 0.05) is 41.3 Å². The molecule has 0 amide bonds. The summed E-state index contributed by atoms with van der Waals surface area (Å²) in [7, 11) is 2.07. The van der Waals surface area contributed by atoms with Crippen LogP contribution in [0.3, 0.4) is 0 Å². The molecule has 0 saturated heterocycles. The molecule has 3 N–H and O–H groups in total. The highest BCUT2D eigenvalue weighted by Gasteiger charge is 2.50. The number of likely N-dealkylation sites (N-methyl/N-ethyl adjacent to an activating group) is 1. The van der Waals surface area contributed by atoms with Crippen molar-refractivity contribution in [3.05, 3.63) is 90.3 Å². The molecule has 1 aliphatic heterocycles. The summed E-state index contributed by atoms with van der Waals surface area (Å²) in [5.41, 5.74) is 4.98. The van der Waals surface area contributed by atoms with Gasteiger partial charge in [0.2, 0.25) is 0 Å². The maximum absolute atomic E-state index is 11.1. The topological polar surface area (TPSA) is 68.6 Å². The van der Waals surface area contributed by atoms with Crippen LogP contribution in [-0.2, 0) is 5.41 Å². The van der Waals surface area contributed by atoms with Gasteiger partial charge in [-0.3, -0.25) is 4.98 Å². The van der Waals surface area contributed by atoms with E-state index in [0.717, 1.165) is 22.3 Å². The van der Waals surface area contributed by atoms with Crippen molar-refractivity contribution in [3.63, 3.8) is 0 Å². The van der Waals surface area contributed by atoms with E-state index in [-0.39, 0.29) is 11.3 Å². The number of hydrogen-bond donors (Lipinski definition) is 3. The fourth-order valence-corrected chi connectivity index (χ4v) is 5.88. The van der Waals surface area contributed by atoms with Crippen molar-refractivity contribution in [2.75, 3.05) is 17.3 Å². The molecule has 0 spiro atoms. The Labute approximate surface area is 199 Å². The summed E-state index contributed by atoms with van der Waals surface area (Å²) < 4.78 is 0. The first kappa shape index (κ1) is 21.1. The molecule has 1 aromatic heterocycles. The summed E-state index contributed by atoms with van der Waals surface area (Å²) >= 11 is 0. The summed E-state index contributed by atoms with van der Waals surface area (Å²) in [6.45, 7) is 4.45. The van der Waals surface area contributed by atoms with Crippen LogP contribution in [0.25, 0.3) is 21.7 Å². The van der Waals surface area contributed by atoms with Crippen molar-refractivity contribution in [1.82, 2.24) is 4.98 Å². The number of nitrogens with zero attached hydrogens (tertiary/aromatic N) is 2. The van der Waals surface area contributed by atoms with Gasteiger partial charge >= 0.3 is 0 Å². The number of hydrogen-bond acceptors (Lipinski definition) is 5. The van der Waals surface area contributed by atoms with Crippen molar-refractivity contribution in [2.45, 2.75) is 37.5 Å². The number of aliphatic hydroxyl groups is 2. The normalized spacial score (nSPS) is 26.6. The average Bonchev–Trinajstić information content (AvgIpc) is 3.05. The standard InChI is InChI=1S/C29H29N3O2/c1-29(2)23(32(3)22-14-13-17-8-4-5-11-19(17)24(22)29)16-20-27(33)26(28(20)34)31-21-12-6-9-18-10-7-15-30-25(18)21/h4-16,20,26-28,31,33-34H,1-3H3. The number of aromatic nitrogens is 1. The van der Waals surface area contributed by atoms with E-state index in [1.165, 1.54) is 22.0 Å². The summed E-state index contributed by atoms with van der Waals surface area (Å²) in [6.07, 6.45) is 2.43. The Bertz CT molecular complexity index is 1430. The number of benzene rings is 3. The van der Waals surface area contributed by atoms with Crippen LogP contribution in [0, 0.1) is 5.92 Å². The van der Waals surface area contributed by atoms with Crippen LogP contribution in [0.5, 0.6) is 0 Å². The summed E-state index contributed by atoms with van der Waals surface area (Å²) in [5.74, 6) is -0.349. The lowest BCUT2D eigenvalue weighted by Gasteiger charge is -2.46. The molecule has 6 rings (SSSR count). The zero-order valence-electron chi connectivity index (χ0n) is 19.6. The van der Waals surface area contributed by atoms with E-state index < -0.39 is 18.2 Å². The Balaban J connectivity index is 1.31. The number of rotatable bonds is 3. The van der Waals surface area contributed by atoms with E-state index in [4.69, 9.17) is 0 Å². The number of anilines is 2. The Morgan fingerprint density at radius 2 is 1.65 bits per heavy atom. The third-order valence-corrected chi connectivity index (χ3v) is 7.72. The summed E-state index contributed by atoms with van der Waals surface area (Å²) in [5, 5.41) is 29.0. The number of aliphatic hydroxyl groups excluding tert-OH is 2. The van der Waals surface area contributed by atoms with Gasteiger partial charge in [-0.2, -0.15) is 0 Å². The summed E-state index contributed by atoms with van der Waals surface area (Å²) in [6, 6.07) is 22.2. The van der Waals surface area contributed by atoms with Gasteiger partial charge in [-0.05, 0) is 34.5 Å². The lowest BCUT2D eigenvalue weighted by molar-refractivity contribution is -0.0823. The second-order valence-corrected chi connectivity index (χ2v) is 10.0. The van der Waals surface area contributed by atoms with Gasteiger partial charge in [0.1, 0.15) is 0 Å². The van der Waals surface area contributed by atoms with Gasteiger partial charge in [0.05, 0.1) is 29.5 Å². The Kier molecular flexibility index (Phi) is 4.70. The molecule has 2 atom stereocenters. The molecule has 172 valence electrons. The SMILES string of the molecule is CN1C(=CC2C(O)C(Nc3cccc4cccnc34)C2O)C(C)(C)c2c1ccc1ccccc21. The molecule has 5 heteroatoms. The minimum absolute atomic E-state index is 0.248. The number of pyridine rings is 1. The third-order valence-electron chi connectivity index (χ3n) is 7.72. The van der Waals surface area contributed by atoms with Crippen molar-refractivity contribution >= 4 is 33.1 Å². The number of allylic oxidation sites excluding steroid dienone is 1. The van der Waals surface area contributed by atoms with Crippen LogP contribution in [-0.4, -0.2) is 40.5 Å². The second-order valence-electron chi connectivity index (χ2n) is 10.0. The zero-order chi connectivity index (χ0) is 23.6. The molecule has 2 unspecified atom stereocenters. The van der Waals surface area contributed by atoms with Crippen LogP contribution in [0.15, 0.2) is 84.7 Å². The molecule has 1 saturated carbocycles. The number of fused-ring (bicyclic) bond motifs is 4. The van der Waals surface area contributed by atoms with Gasteiger partial charge in [-0.25, -0.2) is 0 Å². The second kappa shape index (κ2) is 7.55. The molecule has 1 fully saturated rings. The fraction of sp³-hybridized carbons (Fsp3) is 0.276. The summed E-state index contributed by atoms with van der Waals surface area (Å²) in [4.78, 5) is 6.68. The van der Waals surface area contributed by atoms with Gasteiger partial charge in [-0.1, -0.05) is 68.5 Å². The van der Waals surface area contributed by atoms with Crippen LogP contribution < -0.4 is 10.2 Å². The molecule has 2 heterocycles. The number of nitrogens with one attached hydrogen (secondary N) is 1. The molecule has 3 aromatic carbocycles. The molecular weight excluding hydrogens is 422 g/mol. The Morgan fingerprint density at radius 3 is 2.47 bits per heavy atom. The van der Waals surface area contributed by atoms with E-state index in [2.05, 4.69) is 78.6 Å². The molecular formula is C29H29N3O2. The first-order chi connectivity index (χ1) is 16.4. The van der Waals surface area contributed by atoms with Gasteiger partial charge < -0.3 is 20.4 Å². The molecule has 1 aliphatic carbocycles. The first-order valence-corrected chi connectivity index (χ1v) is 11.8. The predicted octanol–water partition coefficient (Wildman–Crippen LogP) is 4.83. The van der Waals surface area contributed by atoms with Crippen molar-refractivity contribution in [3.8, 4) is 0 Å².